The molecule has 1 aliphatic heterocycles. The van der Waals surface area contributed by atoms with Crippen LogP contribution in [-0.4, -0.2) is 42.7 Å². The minimum absolute atomic E-state index is 0.0797. The van der Waals surface area contributed by atoms with Crippen LogP contribution in [0.15, 0.2) is 24.3 Å². The molecule has 0 bridgehead atoms. The van der Waals surface area contributed by atoms with Crippen LogP contribution in [-0.2, 0) is 9.53 Å². The van der Waals surface area contributed by atoms with Crippen LogP contribution in [0.25, 0.3) is 0 Å². The molecule has 1 heterocycles. The quantitative estimate of drug-likeness (QED) is 0.698. The van der Waals surface area contributed by atoms with Gasteiger partial charge < -0.3 is 9.47 Å². The van der Waals surface area contributed by atoms with Gasteiger partial charge in [-0.2, -0.15) is 0 Å². The lowest BCUT2D eigenvalue weighted by molar-refractivity contribution is -0.156. The summed E-state index contributed by atoms with van der Waals surface area (Å²) in [6.45, 7) is 11.5. The predicted molar refractivity (Wildman–Crippen MR) is 101 cm³/mol. The van der Waals surface area contributed by atoms with Crippen molar-refractivity contribution in [1.29, 1.82) is 0 Å². The lowest BCUT2D eigenvalue weighted by Crippen LogP contribution is -2.42. The molecule has 140 valence electrons. The number of piperidine rings is 1. The van der Waals surface area contributed by atoms with Crippen LogP contribution in [0.4, 0.5) is 0 Å². The molecule has 25 heavy (non-hydrogen) atoms. The molecule has 0 aliphatic carbocycles. The Morgan fingerprint density at radius 2 is 1.96 bits per heavy atom. The van der Waals surface area contributed by atoms with Crippen molar-refractivity contribution in [1.82, 2.24) is 4.90 Å². The molecular weight excluding hydrogens is 338 g/mol. The van der Waals surface area contributed by atoms with Gasteiger partial charge in [-0.05, 0) is 69.8 Å². The topological polar surface area (TPSA) is 38.8 Å². The Morgan fingerprint density at radius 1 is 1.28 bits per heavy atom. The molecule has 2 rings (SSSR count). The summed E-state index contributed by atoms with van der Waals surface area (Å²) >= 11 is 5.87. The number of carbonyl (C=O) groups is 1. The van der Waals surface area contributed by atoms with Gasteiger partial charge >= 0.3 is 5.97 Å². The molecule has 1 aromatic carbocycles. The number of hydrogen-bond donors (Lipinski definition) is 0. The van der Waals surface area contributed by atoms with Crippen LogP contribution in [0.5, 0.6) is 5.75 Å². The average molecular weight is 368 g/mol. The van der Waals surface area contributed by atoms with Gasteiger partial charge in [0.1, 0.15) is 18.0 Å². The first-order valence-corrected chi connectivity index (χ1v) is 9.43. The first-order valence-electron chi connectivity index (χ1n) is 9.05. The number of likely N-dealkylation sites (tertiary alicyclic amines) is 1. The summed E-state index contributed by atoms with van der Waals surface area (Å²) < 4.78 is 11.2. The average Bonchev–Trinajstić information content (AvgIpc) is 2.50. The van der Waals surface area contributed by atoms with Crippen LogP contribution in [0, 0.1) is 11.8 Å². The minimum atomic E-state index is -0.403. The number of nitrogens with zero attached hydrogens (tertiary/aromatic N) is 1. The third-order valence-corrected chi connectivity index (χ3v) is 4.76. The first kappa shape index (κ1) is 20.1. The van der Waals surface area contributed by atoms with E-state index in [1.807, 2.05) is 45.0 Å². The molecule has 0 saturated carbocycles. The molecule has 1 aromatic rings. The van der Waals surface area contributed by atoms with Gasteiger partial charge in [0, 0.05) is 24.5 Å². The standard InChI is InChI=1S/C20H30ClNO3/c1-15-14-22(11-12-24-18-7-5-17(21)6-8-18)10-9-16(15)13-19(23)25-20(2,3)4/h5-8,15-16H,9-14H2,1-4H3. The van der Waals surface area contributed by atoms with E-state index < -0.39 is 5.60 Å². The van der Waals surface area contributed by atoms with Crippen molar-refractivity contribution in [2.45, 2.75) is 46.1 Å². The van der Waals surface area contributed by atoms with Crippen molar-refractivity contribution in [2.75, 3.05) is 26.2 Å². The third-order valence-electron chi connectivity index (χ3n) is 4.51. The van der Waals surface area contributed by atoms with E-state index in [0.717, 1.165) is 31.8 Å². The minimum Gasteiger partial charge on any atom is -0.492 e. The summed E-state index contributed by atoms with van der Waals surface area (Å²) in [5, 5.41) is 0.716. The molecule has 5 heteroatoms. The molecule has 1 aliphatic rings. The van der Waals surface area contributed by atoms with Crippen molar-refractivity contribution in [3.8, 4) is 5.75 Å². The van der Waals surface area contributed by atoms with Gasteiger partial charge in [-0.1, -0.05) is 18.5 Å². The van der Waals surface area contributed by atoms with Crippen LogP contribution in [0.1, 0.15) is 40.5 Å². The van der Waals surface area contributed by atoms with Crippen molar-refractivity contribution in [3.63, 3.8) is 0 Å². The van der Waals surface area contributed by atoms with Crippen LogP contribution < -0.4 is 4.74 Å². The Labute approximate surface area is 156 Å². The van der Waals surface area contributed by atoms with E-state index in [9.17, 15) is 4.79 Å². The second kappa shape index (κ2) is 8.91. The Morgan fingerprint density at radius 3 is 2.56 bits per heavy atom. The number of hydrogen-bond acceptors (Lipinski definition) is 4. The Bertz CT molecular complexity index is 553. The largest absolute Gasteiger partial charge is 0.492 e. The highest BCUT2D eigenvalue weighted by Crippen LogP contribution is 2.27. The van der Waals surface area contributed by atoms with Gasteiger partial charge in [0.15, 0.2) is 0 Å². The maximum absolute atomic E-state index is 12.0. The predicted octanol–water partition coefficient (Wildman–Crippen LogP) is 4.41. The van der Waals surface area contributed by atoms with Crippen molar-refractivity contribution in [2.24, 2.45) is 11.8 Å². The van der Waals surface area contributed by atoms with Gasteiger partial charge in [0.05, 0.1) is 0 Å². The number of benzene rings is 1. The zero-order valence-electron chi connectivity index (χ0n) is 15.8. The summed E-state index contributed by atoms with van der Waals surface area (Å²) in [5.74, 6) is 1.65. The molecule has 0 N–H and O–H groups in total. The monoisotopic (exact) mass is 367 g/mol. The van der Waals surface area contributed by atoms with Crippen molar-refractivity contribution < 1.29 is 14.3 Å². The first-order chi connectivity index (χ1) is 11.7. The molecule has 0 spiro atoms. The lowest BCUT2D eigenvalue weighted by atomic mass is 9.84. The number of rotatable bonds is 6. The zero-order valence-corrected chi connectivity index (χ0v) is 16.5. The van der Waals surface area contributed by atoms with Gasteiger partial charge in [0.25, 0.3) is 0 Å². The fourth-order valence-corrected chi connectivity index (χ4v) is 3.33. The van der Waals surface area contributed by atoms with E-state index in [2.05, 4.69) is 11.8 Å². The second-order valence-electron chi connectivity index (χ2n) is 7.92. The van der Waals surface area contributed by atoms with E-state index >= 15 is 0 Å². The maximum atomic E-state index is 12.0. The highest BCUT2D eigenvalue weighted by molar-refractivity contribution is 6.30. The van der Waals surface area contributed by atoms with Crippen molar-refractivity contribution in [3.05, 3.63) is 29.3 Å². The highest BCUT2D eigenvalue weighted by atomic mass is 35.5. The molecule has 4 nitrogen and oxygen atoms in total. The van der Waals surface area contributed by atoms with E-state index in [1.165, 1.54) is 0 Å². The molecule has 0 aromatic heterocycles. The fraction of sp³-hybridized carbons (Fsp3) is 0.650. The zero-order chi connectivity index (χ0) is 18.4. The normalized spacial score (nSPS) is 21.8. The third kappa shape index (κ3) is 7.25. The number of halogens is 1. The molecule has 0 amide bonds. The molecule has 1 saturated heterocycles. The van der Waals surface area contributed by atoms with Gasteiger partial charge in [-0.15, -0.1) is 0 Å². The van der Waals surface area contributed by atoms with Gasteiger partial charge in [0.2, 0.25) is 0 Å². The molecule has 2 atom stereocenters. The van der Waals surface area contributed by atoms with Gasteiger partial charge in [-0.25, -0.2) is 0 Å². The smallest absolute Gasteiger partial charge is 0.306 e. The lowest BCUT2D eigenvalue weighted by Gasteiger charge is -2.36. The van der Waals surface area contributed by atoms with E-state index in [-0.39, 0.29) is 5.97 Å². The molecule has 2 unspecified atom stereocenters. The molecular formula is C20H30ClNO3. The molecule has 0 radical (unpaired) electrons. The second-order valence-corrected chi connectivity index (χ2v) is 8.36. The van der Waals surface area contributed by atoms with Crippen LogP contribution in [0.3, 0.4) is 0 Å². The maximum Gasteiger partial charge on any atom is 0.306 e. The number of carbonyl (C=O) groups excluding carboxylic acids is 1. The SMILES string of the molecule is CC1CN(CCOc2ccc(Cl)cc2)CCC1CC(=O)OC(C)(C)C. The summed E-state index contributed by atoms with van der Waals surface area (Å²) in [6, 6.07) is 7.44. The summed E-state index contributed by atoms with van der Waals surface area (Å²) in [7, 11) is 0. The Balaban J connectivity index is 1.70. The summed E-state index contributed by atoms with van der Waals surface area (Å²) in [4.78, 5) is 14.5. The summed E-state index contributed by atoms with van der Waals surface area (Å²) in [6.07, 6.45) is 1.55. The van der Waals surface area contributed by atoms with Crippen LogP contribution in [0.2, 0.25) is 5.02 Å². The number of ether oxygens (including phenoxy) is 2. The van der Waals surface area contributed by atoms with Crippen molar-refractivity contribution >= 4 is 17.6 Å². The van der Waals surface area contributed by atoms with Gasteiger partial charge in [-0.3, -0.25) is 9.69 Å². The summed E-state index contributed by atoms with van der Waals surface area (Å²) in [5.41, 5.74) is -0.403. The van der Waals surface area contributed by atoms with Crippen LogP contribution >= 0.6 is 11.6 Å². The van der Waals surface area contributed by atoms with E-state index in [0.29, 0.717) is 29.9 Å². The Hall–Kier alpha value is -1.26. The Kier molecular flexibility index (Phi) is 7.14. The van der Waals surface area contributed by atoms with E-state index in [1.54, 1.807) is 0 Å². The fourth-order valence-electron chi connectivity index (χ4n) is 3.21. The number of esters is 1. The van der Waals surface area contributed by atoms with E-state index in [4.69, 9.17) is 21.1 Å². The highest BCUT2D eigenvalue weighted by Gasteiger charge is 2.29. The molecule has 1 fully saturated rings.